The van der Waals surface area contributed by atoms with E-state index in [0.717, 1.165) is 45.5 Å². The molecule has 0 fully saturated rings. The molecule has 0 bridgehead atoms. The molecule has 2 aromatic heterocycles. The van der Waals surface area contributed by atoms with Gasteiger partial charge in [0, 0.05) is 11.5 Å². The van der Waals surface area contributed by atoms with E-state index in [1.54, 1.807) is 7.11 Å². The fraction of sp³-hybridized carbons (Fsp3) is 0.190. The van der Waals surface area contributed by atoms with Crippen molar-refractivity contribution in [3.63, 3.8) is 0 Å². The van der Waals surface area contributed by atoms with E-state index in [1.807, 2.05) is 18.2 Å². The molecule has 2 heterocycles. The molecule has 4 aromatic rings. The van der Waals surface area contributed by atoms with Gasteiger partial charge in [-0.25, -0.2) is 9.97 Å². The Hall–Kier alpha value is -2.93. The van der Waals surface area contributed by atoms with Gasteiger partial charge in [0.15, 0.2) is 5.65 Å². The van der Waals surface area contributed by atoms with Gasteiger partial charge in [0.2, 0.25) is 0 Å². The molecule has 0 spiro atoms. The third kappa shape index (κ3) is 2.74. The summed E-state index contributed by atoms with van der Waals surface area (Å²) in [5.74, 6) is 2.18. The molecule has 140 valence electrons. The minimum absolute atomic E-state index is 0.239. The number of nitrogen functional groups attached to an aromatic ring is 1. The summed E-state index contributed by atoms with van der Waals surface area (Å²) in [6, 6.07) is 14.3. The van der Waals surface area contributed by atoms with E-state index in [-0.39, 0.29) is 5.92 Å². The van der Waals surface area contributed by atoms with E-state index < -0.39 is 0 Å². The second-order valence-corrected chi connectivity index (χ2v) is 7.84. The summed E-state index contributed by atoms with van der Waals surface area (Å²) in [6.07, 6.45) is 1.87. The van der Waals surface area contributed by atoms with Crippen LogP contribution >= 0.6 is 15.9 Å². The highest BCUT2D eigenvalue weighted by Crippen LogP contribution is 2.37. The molecular weight excluding hydrogens is 418 g/mol. The normalized spacial score (nSPS) is 13.8. The fourth-order valence-electron chi connectivity index (χ4n) is 3.92. The van der Waals surface area contributed by atoms with Crippen molar-refractivity contribution in [3.05, 3.63) is 63.9 Å². The fourth-order valence-corrected chi connectivity index (χ4v) is 4.32. The molecule has 0 saturated heterocycles. The van der Waals surface area contributed by atoms with E-state index in [2.05, 4.69) is 55.4 Å². The summed E-state index contributed by atoms with van der Waals surface area (Å²) in [7, 11) is 1.63. The van der Waals surface area contributed by atoms with Crippen molar-refractivity contribution in [3.8, 4) is 17.0 Å². The van der Waals surface area contributed by atoms with Gasteiger partial charge in [0.1, 0.15) is 23.1 Å². The number of methoxy groups -OCH3 is 1. The Morgan fingerprint density at radius 3 is 2.57 bits per heavy atom. The smallest absolute Gasteiger partial charge is 0.161 e. The molecule has 1 aliphatic carbocycles. The number of nitrogens with two attached hydrogens (primary N) is 1. The van der Waals surface area contributed by atoms with Gasteiger partial charge in [-0.05, 0) is 52.0 Å². The molecule has 3 N–H and O–H groups in total. The van der Waals surface area contributed by atoms with Gasteiger partial charge in [0.05, 0.1) is 17.0 Å². The van der Waals surface area contributed by atoms with Gasteiger partial charge < -0.3 is 10.5 Å². The second-order valence-electron chi connectivity index (χ2n) is 6.99. The predicted molar refractivity (Wildman–Crippen MR) is 112 cm³/mol. The Morgan fingerprint density at radius 2 is 1.86 bits per heavy atom. The summed E-state index contributed by atoms with van der Waals surface area (Å²) in [5.41, 5.74) is 11.4. The van der Waals surface area contributed by atoms with Crippen LogP contribution in [0.4, 0.5) is 5.82 Å². The lowest BCUT2D eigenvalue weighted by molar-refractivity contribution is 0.412. The summed E-state index contributed by atoms with van der Waals surface area (Å²) in [4.78, 5) is 9.41. The van der Waals surface area contributed by atoms with Gasteiger partial charge in [-0.2, -0.15) is 5.10 Å². The van der Waals surface area contributed by atoms with Crippen LogP contribution in [0.5, 0.6) is 5.75 Å². The third-order valence-corrected chi connectivity index (χ3v) is 5.96. The van der Waals surface area contributed by atoms with Crippen LogP contribution in [0.3, 0.4) is 0 Å². The van der Waals surface area contributed by atoms with Crippen LogP contribution < -0.4 is 10.5 Å². The average Bonchev–Trinajstić information content (AvgIpc) is 3.32. The zero-order valence-electron chi connectivity index (χ0n) is 15.2. The molecule has 0 amide bonds. The highest BCUT2D eigenvalue weighted by Gasteiger charge is 2.26. The third-order valence-electron chi connectivity index (χ3n) is 5.31. The Morgan fingerprint density at radius 1 is 1.11 bits per heavy atom. The topological polar surface area (TPSA) is 89.7 Å². The molecule has 0 aliphatic heterocycles. The number of aromatic nitrogens is 4. The molecule has 0 unspecified atom stereocenters. The molecule has 5 rings (SSSR count). The lowest BCUT2D eigenvalue weighted by Crippen LogP contribution is -2.07. The molecule has 1 aliphatic rings. The quantitative estimate of drug-likeness (QED) is 0.501. The predicted octanol–water partition coefficient (Wildman–Crippen LogP) is 4.26. The van der Waals surface area contributed by atoms with E-state index in [4.69, 9.17) is 15.5 Å². The maximum Gasteiger partial charge on any atom is 0.161 e. The number of anilines is 1. The van der Waals surface area contributed by atoms with Crippen molar-refractivity contribution in [2.45, 2.75) is 18.8 Å². The number of aromatic amines is 1. The number of nitrogens with zero attached hydrogens (tertiary/aromatic N) is 3. The SMILES string of the molecule is COc1cc(-c2n[nH]c3nc(C4Cc5ccccc5C4)nc(N)c23)ccc1Br. The minimum atomic E-state index is 0.239. The Labute approximate surface area is 170 Å². The molecule has 28 heavy (non-hydrogen) atoms. The molecule has 2 aromatic carbocycles. The number of hydrogen-bond acceptors (Lipinski definition) is 5. The number of hydrogen-bond donors (Lipinski definition) is 2. The van der Waals surface area contributed by atoms with Crippen molar-refractivity contribution in [2.75, 3.05) is 12.8 Å². The first kappa shape index (κ1) is 17.2. The molecular formula is C21H18BrN5O. The van der Waals surface area contributed by atoms with E-state index >= 15 is 0 Å². The number of halogens is 1. The van der Waals surface area contributed by atoms with Crippen molar-refractivity contribution in [1.82, 2.24) is 20.2 Å². The maximum absolute atomic E-state index is 6.36. The second kappa shape index (κ2) is 6.60. The lowest BCUT2D eigenvalue weighted by atomic mass is 10.0. The lowest BCUT2D eigenvalue weighted by Gasteiger charge is -2.09. The van der Waals surface area contributed by atoms with Gasteiger partial charge >= 0.3 is 0 Å². The zero-order chi connectivity index (χ0) is 19.3. The van der Waals surface area contributed by atoms with Crippen molar-refractivity contribution in [1.29, 1.82) is 0 Å². The first-order valence-electron chi connectivity index (χ1n) is 9.06. The molecule has 0 radical (unpaired) electrons. The summed E-state index contributed by atoms with van der Waals surface area (Å²) in [6.45, 7) is 0. The summed E-state index contributed by atoms with van der Waals surface area (Å²) >= 11 is 3.48. The number of H-pyrrole nitrogens is 1. The largest absolute Gasteiger partial charge is 0.496 e. The van der Waals surface area contributed by atoms with Crippen molar-refractivity contribution >= 4 is 32.8 Å². The first-order chi connectivity index (χ1) is 13.6. The number of ether oxygens (including phenoxy) is 1. The summed E-state index contributed by atoms with van der Waals surface area (Å²) < 4.78 is 6.28. The van der Waals surface area contributed by atoms with Crippen LogP contribution in [0.1, 0.15) is 22.9 Å². The van der Waals surface area contributed by atoms with Crippen LogP contribution in [0, 0.1) is 0 Å². The number of benzene rings is 2. The first-order valence-corrected chi connectivity index (χ1v) is 9.85. The highest BCUT2D eigenvalue weighted by molar-refractivity contribution is 9.10. The Balaban J connectivity index is 1.56. The van der Waals surface area contributed by atoms with Crippen molar-refractivity contribution in [2.24, 2.45) is 0 Å². The van der Waals surface area contributed by atoms with Gasteiger partial charge in [-0.1, -0.05) is 30.3 Å². The van der Waals surface area contributed by atoms with Crippen LogP contribution in [-0.2, 0) is 12.8 Å². The molecule has 0 saturated carbocycles. The average molecular weight is 436 g/mol. The van der Waals surface area contributed by atoms with Crippen LogP contribution in [0.15, 0.2) is 46.9 Å². The van der Waals surface area contributed by atoms with Gasteiger partial charge in [0.25, 0.3) is 0 Å². The Bertz CT molecular complexity index is 1180. The van der Waals surface area contributed by atoms with Gasteiger partial charge in [-0.15, -0.1) is 0 Å². The number of rotatable bonds is 3. The highest BCUT2D eigenvalue weighted by atomic mass is 79.9. The van der Waals surface area contributed by atoms with E-state index in [1.165, 1.54) is 11.1 Å². The molecule has 0 atom stereocenters. The molecule has 6 nitrogen and oxygen atoms in total. The van der Waals surface area contributed by atoms with Crippen LogP contribution in [-0.4, -0.2) is 27.3 Å². The maximum atomic E-state index is 6.36. The van der Waals surface area contributed by atoms with Crippen LogP contribution in [0.2, 0.25) is 0 Å². The monoisotopic (exact) mass is 435 g/mol. The van der Waals surface area contributed by atoms with Crippen molar-refractivity contribution < 1.29 is 4.74 Å². The number of fused-ring (bicyclic) bond motifs is 2. The van der Waals surface area contributed by atoms with E-state index in [9.17, 15) is 0 Å². The molecule has 7 heteroatoms. The minimum Gasteiger partial charge on any atom is -0.496 e. The Kier molecular flexibility index (Phi) is 4.05. The number of nitrogens with one attached hydrogen (secondary N) is 1. The standard InChI is InChI=1S/C21H18BrN5O/c1-28-16-10-13(6-7-15(16)22)18-17-19(23)24-20(25-21(17)27-26-18)14-8-11-4-2-3-5-12(11)9-14/h2-7,10,14H,8-9H2,1H3,(H3,23,24,25,26,27). The van der Waals surface area contributed by atoms with Crippen LogP contribution in [0.25, 0.3) is 22.3 Å². The zero-order valence-corrected chi connectivity index (χ0v) is 16.8. The van der Waals surface area contributed by atoms with Gasteiger partial charge in [-0.3, -0.25) is 5.10 Å². The van der Waals surface area contributed by atoms with E-state index in [0.29, 0.717) is 11.5 Å². The summed E-state index contributed by atoms with van der Waals surface area (Å²) in [5, 5.41) is 8.23.